The standard InChI is InChI=1S/C24H24N4O3S2/c1-5-19-26-27-23(33-19)20-21(29)18(32-22(20)25)12-16-11-13(3)28(14(16)4)17-9-7-15(8-10-17)24(30)31-6-2/h7-12,20,25H,5-6H2,1-4H3/b18-12-,25-22?/t20-/m1/s1. The molecule has 0 unspecified atom stereocenters. The minimum atomic E-state index is -0.655. The molecule has 33 heavy (non-hydrogen) atoms. The van der Waals surface area contributed by atoms with Gasteiger partial charge in [0, 0.05) is 17.1 Å². The molecule has 1 N–H and O–H groups in total. The molecule has 7 nitrogen and oxygen atoms in total. The number of Topliss-reactive ketones (excluding diaryl/α,β-unsaturated/α-hetero) is 1. The van der Waals surface area contributed by atoms with E-state index in [1.54, 1.807) is 19.1 Å². The lowest BCUT2D eigenvalue weighted by Gasteiger charge is -2.10. The van der Waals surface area contributed by atoms with Crippen molar-refractivity contribution in [3.8, 4) is 5.69 Å². The number of ether oxygens (including phenoxy) is 1. The van der Waals surface area contributed by atoms with Gasteiger partial charge in [0.05, 0.1) is 22.1 Å². The van der Waals surface area contributed by atoms with Gasteiger partial charge in [-0.15, -0.1) is 21.5 Å². The van der Waals surface area contributed by atoms with Crippen LogP contribution in [0, 0.1) is 19.3 Å². The van der Waals surface area contributed by atoms with Gasteiger partial charge in [0.25, 0.3) is 0 Å². The summed E-state index contributed by atoms with van der Waals surface area (Å²) in [7, 11) is 0. The number of aryl methyl sites for hydroxylation is 2. The molecule has 0 aliphatic carbocycles. The van der Waals surface area contributed by atoms with Crippen LogP contribution in [0.3, 0.4) is 0 Å². The molecule has 1 fully saturated rings. The third-order valence-electron chi connectivity index (χ3n) is 5.41. The first-order valence-corrected chi connectivity index (χ1v) is 12.3. The lowest BCUT2D eigenvalue weighted by atomic mass is 10.1. The first kappa shape index (κ1) is 23.1. The average Bonchev–Trinajstić information content (AvgIpc) is 3.45. The quantitative estimate of drug-likeness (QED) is 0.389. The van der Waals surface area contributed by atoms with Gasteiger partial charge in [-0.05, 0) is 69.2 Å². The van der Waals surface area contributed by atoms with E-state index in [9.17, 15) is 9.59 Å². The molecule has 0 bridgehead atoms. The van der Waals surface area contributed by atoms with Gasteiger partial charge >= 0.3 is 5.97 Å². The largest absolute Gasteiger partial charge is 0.462 e. The smallest absolute Gasteiger partial charge is 0.338 e. The van der Waals surface area contributed by atoms with E-state index < -0.39 is 5.92 Å². The maximum absolute atomic E-state index is 13.1. The predicted octanol–water partition coefficient (Wildman–Crippen LogP) is 5.10. The number of carbonyl (C=O) groups is 2. The lowest BCUT2D eigenvalue weighted by molar-refractivity contribution is -0.114. The van der Waals surface area contributed by atoms with E-state index in [1.165, 1.54) is 23.1 Å². The van der Waals surface area contributed by atoms with Crippen LogP contribution < -0.4 is 0 Å². The number of benzene rings is 1. The predicted molar refractivity (Wildman–Crippen MR) is 132 cm³/mol. The molecule has 0 spiro atoms. The van der Waals surface area contributed by atoms with Gasteiger partial charge in [-0.25, -0.2) is 4.79 Å². The van der Waals surface area contributed by atoms with Crippen LogP contribution in [0.5, 0.6) is 0 Å². The van der Waals surface area contributed by atoms with Crippen LogP contribution in [0.4, 0.5) is 0 Å². The zero-order chi connectivity index (χ0) is 23.7. The number of esters is 1. The summed E-state index contributed by atoms with van der Waals surface area (Å²) in [6.45, 7) is 8.09. The monoisotopic (exact) mass is 480 g/mol. The zero-order valence-electron chi connectivity index (χ0n) is 18.8. The Hall–Kier alpha value is -3.04. The van der Waals surface area contributed by atoms with Gasteiger partial charge in [-0.1, -0.05) is 18.7 Å². The average molecular weight is 481 g/mol. The second-order valence-corrected chi connectivity index (χ2v) is 9.77. The van der Waals surface area contributed by atoms with Crippen molar-refractivity contribution in [1.29, 1.82) is 5.41 Å². The molecule has 9 heteroatoms. The Balaban J connectivity index is 1.62. The number of allylic oxidation sites excluding steroid dienone is 1. The molecule has 0 radical (unpaired) electrons. The number of nitrogens with zero attached hydrogens (tertiary/aromatic N) is 3. The Labute approximate surface area is 200 Å². The number of carbonyl (C=O) groups excluding carboxylic acids is 2. The van der Waals surface area contributed by atoms with Crippen molar-refractivity contribution in [2.75, 3.05) is 6.61 Å². The van der Waals surface area contributed by atoms with Crippen molar-refractivity contribution in [2.45, 2.75) is 40.0 Å². The number of ketones is 1. The highest BCUT2D eigenvalue weighted by Gasteiger charge is 2.39. The molecule has 1 aliphatic rings. The molecular weight excluding hydrogens is 456 g/mol. The van der Waals surface area contributed by atoms with Crippen molar-refractivity contribution in [3.05, 3.63) is 67.8 Å². The molecule has 1 saturated heterocycles. The number of aromatic nitrogens is 3. The Kier molecular flexibility index (Phi) is 6.62. The molecule has 2 aromatic heterocycles. The molecule has 4 rings (SSSR count). The highest BCUT2D eigenvalue weighted by Crippen LogP contribution is 2.42. The van der Waals surface area contributed by atoms with E-state index in [1.807, 2.05) is 45.0 Å². The fourth-order valence-corrected chi connectivity index (χ4v) is 5.72. The van der Waals surface area contributed by atoms with Crippen molar-refractivity contribution in [2.24, 2.45) is 0 Å². The number of nitrogens with one attached hydrogen (secondary N) is 1. The van der Waals surface area contributed by atoms with Crippen LogP contribution in [0.25, 0.3) is 11.8 Å². The molecule has 0 saturated carbocycles. The normalized spacial score (nSPS) is 17.2. The molecule has 1 aromatic carbocycles. The summed E-state index contributed by atoms with van der Waals surface area (Å²) in [5.74, 6) is -1.10. The van der Waals surface area contributed by atoms with E-state index in [-0.39, 0.29) is 16.8 Å². The lowest BCUT2D eigenvalue weighted by Crippen LogP contribution is -2.11. The summed E-state index contributed by atoms with van der Waals surface area (Å²) in [4.78, 5) is 25.6. The highest BCUT2D eigenvalue weighted by molar-refractivity contribution is 8.19. The van der Waals surface area contributed by atoms with Crippen LogP contribution in [-0.4, -0.2) is 38.2 Å². The van der Waals surface area contributed by atoms with Gasteiger partial charge in [0.1, 0.15) is 15.9 Å². The first-order chi connectivity index (χ1) is 15.8. The van der Waals surface area contributed by atoms with Crippen molar-refractivity contribution >= 4 is 46.0 Å². The summed E-state index contributed by atoms with van der Waals surface area (Å²) < 4.78 is 7.13. The van der Waals surface area contributed by atoms with Crippen molar-refractivity contribution in [1.82, 2.24) is 14.8 Å². The Morgan fingerprint density at radius 3 is 2.58 bits per heavy atom. The summed E-state index contributed by atoms with van der Waals surface area (Å²) >= 11 is 2.59. The van der Waals surface area contributed by atoms with Gasteiger partial charge in [0.15, 0.2) is 5.78 Å². The SMILES string of the molecule is CCOC(=O)c1ccc(-n2c(C)cc(/C=C3\SC(=N)[C@H](c4nnc(CC)s4)C3=O)c2C)cc1. The first-order valence-electron chi connectivity index (χ1n) is 10.6. The van der Waals surface area contributed by atoms with Crippen LogP contribution in [0.15, 0.2) is 35.2 Å². The number of thioether (sulfide) groups is 1. The third-order valence-corrected chi connectivity index (χ3v) is 7.54. The molecule has 1 atom stereocenters. The molecular formula is C24H24N4O3S2. The summed E-state index contributed by atoms with van der Waals surface area (Å²) in [6, 6.07) is 9.28. The minimum Gasteiger partial charge on any atom is -0.462 e. The van der Waals surface area contributed by atoms with E-state index in [0.29, 0.717) is 22.1 Å². The number of hydrogen-bond acceptors (Lipinski definition) is 8. The highest BCUT2D eigenvalue weighted by atomic mass is 32.2. The second kappa shape index (κ2) is 9.44. The summed E-state index contributed by atoms with van der Waals surface area (Å²) in [5.41, 5.74) is 4.31. The maximum atomic E-state index is 13.1. The molecule has 3 heterocycles. The van der Waals surface area contributed by atoms with Gasteiger partial charge in [-0.3, -0.25) is 10.2 Å². The second-order valence-electron chi connectivity index (χ2n) is 7.59. The van der Waals surface area contributed by atoms with Crippen LogP contribution >= 0.6 is 23.1 Å². The van der Waals surface area contributed by atoms with Crippen LogP contribution in [-0.2, 0) is 16.0 Å². The molecule has 3 aromatic rings. The van der Waals surface area contributed by atoms with Crippen LogP contribution in [0.2, 0.25) is 0 Å². The van der Waals surface area contributed by atoms with Crippen LogP contribution in [0.1, 0.15) is 57.1 Å². The van der Waals surface area contributed by atoms with Gasteiger partial charge in [0.2, 0.25) is 0 Å². The Bertz CT molecular complexity index is 1270. The molecule has 0 amide bonds. The molecule has 170 valence electrons. The van der Waals surface area contributed by atoms with E-state index in [0.717, 1.165) is 34.1 Å². The van der Waals surface area contributed by atoms with E-state index in [2.05, 4.69) is 14.8 Å². The summed E-state index contributed by atoms with van der Waals surface area (Å²) in [6.07, 6.45) is 2.61. The van der Waals surface area contributed by atoms with Gasteiger partial charge < -0.3 is 9.30 Å². The third kappa shape index (κ3) is 4.43. The topological polar surface area (TPSA) is 97.9 Å². The maximum Gasteiger partial charge on any atom is 0.338 e. The fraction of sp³-hybridized carbons (Fsp3) is 0.292. The Morgan fingerprint density at radius 1 is 1.21 bits per heavy atom. The zero-order valence-corrected chi connectivity index (χ0v) is 20.5. The fourth-order valence-electron chi connectivity index (χ4n) is 3.77. The Morgan fingerprint density at radius 2 is 1.94 bits per heavy atom. The number of rotatable bonds is 6. The number of hydrogen-bond donors (Lipinski definition) is 1. The van der Waals surface area contributed by atoms with E-state index in [4.69, 9.17) is 10.1 Å². The molecule has 1 aliphatic heterocycles. The minimum absolute atomic E-state index is 0.104. The van der Waals surface area contributed by atoms with Gasteiger partial charge in [-0.2, -0.15) is 0 Å². The van der Waals surface area contributed by atoms with E-state index >= 15 is 0 Å². The summed E-state index contributed by atoms with van der Waals surface area (Å²) in [5, 5.41) is 18.3. The van der Waals surface area contributed by atoms with Crippen molar-refractivity contribution in [3.63, 3.8) is 0 Å². The van der Waals surface area contributed by atoms with Crippen molar-refractivity contribution < 1.29 is 14.3 Å².